The van der Waals surface area contributed by atoms with E-state index in [4.69, 9.17) is 0 Å². The van der Waals surface area contributed by atoms with Crippen LogP contribution < -0.4 is 10.6 Å². The maximum atomic E-state index is 11.9. The van der Waals surface area contributed by atoms with Gasteiger partial charge in [-0.05, 0) is 31.7 Å². The summed E-state index contributed by atoms with van der Waals surface area (Å²) in [7, 11) is -1.28. The molecular weight excluding hydrogens is 336 g/mol. The number of hydrogen-bond donors (Lipinski definition) is 2. The van der Waals surface area contributed by atoms with E-state index >= 15 is 0 Å². The van der Waals surface area contributed by atoms with Gasteiger partial charge < -0.3 is 10.6 Å². The molecule has 0 bridgehead atoms. The van der Waals surface area contributed by atoms with E-state index in [1.807, 2.05) is 6.07 Å². The molecule has 2 aliphatic rings. The number of benzene rings is 1. The molecule has 25 heavy (non-hydrogen) atoms. The second-order valence-corrected chi connectivity index (χ2v) is 9.05. The standard InChI is InChI=1S/C18H28N4O2S/c1-3-25(23,24)22-11-9-15(10-12-22)20-18(19-2)21-17-13-16(17)14-7-5-4-6-8-14/h4-8,15-17H,3,9-13H2,1-2H3,(H2,19,20,21). The maximum Gasteiger partial charge on any atom is 0.213 e. The molecule has 1 aromatic carbocycles. The molecule has 0 aromatic heterocycles. The molecule has 7 heteroatoms. The van der Waals surface area contributed by atoms with E-state index in [-0.39, 0.29) is 11.8 Å². The average molecular weight is 365 g/mol. The summed E-state index contributed by atoms with van der Waals surface area (Å²) in [4.78, 5) is 4.34. The molecule has 6 nitrogen and oxygen atoms in total. The van der Waals surface area contributed by atoms with Gasteiger partial charge in [0.2, 0.25) is 10.0 Å². The first-order valence-electron chi connectivity index (χ1n) is 9.06. The van der Waals surface area contributed by atoms with Crippen LogP contribution in [0.15, 0.2) is 35.3 Å². The number of sulfonamides is 1. The summed E-state index contributed by atoms with van der Waals surface area (Å²) in [6.45, 7) is 2.87. The molecule has 1 saturated carbocycles. The monoisotopic (exact) mass is 364 g/mol. The van der Waals surface area contributed by atoms with Crippen molar-refractivity contribution in [2.45, 2.75) is 44.2 Å². The Labute approximate surface area is 150 Å². The zero-order valence-corrected chi connectivity index (χ0v) is 15.8. The average Bonchev–Trinajstić information content (AvgIpc) is 3.41. The van der Waals surface area contributed by atoms with Gasteiger partial charge in [-0.2, -0.15) is 0 Å². The van der Waals surface area contributed by atoms with E-state index in [9.17, 15) is 8.42 Å². The second kappa shape index (κ2) is 7.74. The lowest BCUT2D eigenvalue weighted by Crippen LogP contribution is -2.50. The van der Waals surface area contributed by atoms with Crippen molar-refractivity contribution in [1.82, 2.24) is 14.9 Å². The minimum absolute atomic E-state index is 0.177. The lowest BCUT2D eigenvalue weighted by Gasteiger charge is -2.32. The van der Waals surface area contributed by atoms with E-state index in [2.05, 4.69) is 39.9 Å². The number of guanidine groups is 1. The van der Waals surface area contributed by atoms with Crippen molar-refractivity contribution in [2.24, 2.45) is 4.99 Å². The fraction of sp³-hybridized carbons (Fsp3) is 0.611. The third kappa shape index (κ3) is 4.52. The highest BCUT2D eigenvalue weighted by Gasteiger charge is 2.39. The summed E-state index contributed by atoms with van der Waals surface area (Å²) in [5.41, 5.74) is 1.37. The van der Waals surface area contributed by atoms with Gasteiger partial charge in [-0.3, -0.25) is 4.99 Å². The molecule has 1 aliphatic carbocycles. The van der Waals surface area contributed by atoms with Gasteiger partial charge in [-0.25, -0.2) is 12.7 Å². The molecule has 0 amide bonds. The number of nitrogens with one attached hydrogen (secondary N) is 2. The molecule has 1 aliphatic heterocycles. The van der Waals surface area contributed by atoms with Crippen molar-refractivity contribution >= 4 is 16.0 Å². The summed E-state index contributed by atoms with van der Waals surface area (Å²) < 4.78 is 25.5. The van der Waals surface area contributed by atoms with Gasteiger partial charge in [0.15, 0.2) is 5.96 Å². The fourth-order valence-electron chi connectivity index (χ4n) is 3.42. The highest BCUT2D eigenvalue weighted by molar-refractivity contribution is 7.89. The minimum atomic E-state index is -3.07. The molecule has 138 valence electrons. The molecular formula is C18H28N4O2S. The second-order valence-electron chi connectivity index (χ2n) is 6.79. The molecule has 1 aromatic rings. The lowest BCUT2D eigenvalue weighted by atomic mass is 10.1. The summed E-state index contributed by atoms with van der Waals surface area (Å²) in [6, 6.07) is 11.2. The molecule has 0 spiro atoms. The van der Waals surface area contributed by atoms with Gasteiger partial charge in [-0.1, -0.05) is 30.3 Å². The number of rotatable bonds is 5. The zero-order valence-electron chi connectivity index (χ0n) is 15.0. The number of hydrogen-bond acceptors (Lipinski definition) is 3. The Morgan fingerprint density at radius 2 is 1.88 bits per heavy atom. The molecule has 0 radical (unpaired) electrons. The van der Waals surface area contributed by atoms with Crippen LogP contribution in [-0.4, -0.2) is 56.7 Å². The van der Waals surface area contributed by atoms with Crippen LogP contribution in [0.4, 0.5) is 0 Å². The molecule has 2 fully saturated rings. The van der Waals surface area contributed by atoms with Gasteiger partial charge in [-0.15, -0.1) is 0 Å². The van der Waals surface area contributed by atoms with Crippen molar-refractivity contribution in [3.63, 3.8) is 0 Å². The van der Waals surface area contributed by atoms with Gasteiger partial charge in [0, 0.05) is 38.1 Å². The Balaban J connectivity index is 1.47. The predicted octanol–water partition coefficient (Wildman–Crippen LogP) is 1.52. The Kier molecular flexibility index (Phi) is 5.64. The van der Waals surface area contributed by atoms with Crippen LogP contribution in [0.1, 0.15) is 37.7 Å². The summed E-state index contributed by atoms with van der Waals surface area (Å²) >= 11 is 0. The molecule has 2 unspecified atom stereocenters. The van der Waals surface area contributed by atoms with Crippen LogP contribution in [-0.2, 0) is 10.0 Å². The van der Waals surface area contributed by atoms with Crippen molar-refractivity contribution in [3.8, 4) is 0 Å². The van der Waals surface area contributed by atoms with Crippen LogP contribution in [0.5, 0.6) is 0 Å². The third-order valence-corrected chi connectivity index (χ3v) is 7.00. The molecule has 2 atom stereocenters. The van der Waals surface area contributed by atoms with Crippen molar-refractivity contribution < 1.29 is 8.42 Å². The van der Waals surface area contributed by atoms with Crippen molar-refractivity contribution in [2.75, 3.05) is 25.9 Å². The van der Waals surface area contributed by atoms with Gasteiger partial charge in [0.05, 0.1) is 5.75 Å². The third-order valence-electron chi connectivity index (χ3n) is 5.12. The first-order valence-corrected chi connectivity index (χ1v) is 10.7. The van der Waals surface area contributed by atoms with Crippen LogP contribution in [0.2, 0.25) is 0 Å². The Hall–Kier alpha value is -1.60. The number of aliphatic imine (C=N–C) groups is 1. The summed E-state index contributed by atoms with van der Waals surface area (Å²) in [6.07, 6.45) is 2.75. The van der Waals surface area contributed by atoms with E-state index in [0.29, 0.717) is 25.0 Å². The zero-order chi connectivity index (χ0) is 17.9. The van der Waals surface area contributed by atoms with Crippen molar-refractivity contribution in [1.29, 1.82) is 0 Å². The van der Waals surface area contributed by atoms with Crippen LogP contribution in [0, 0.1) is 0 Å². The largest absolute Gasteiger partial charge is 0.354 e. The highest BCUT2D eigenvalue weighted by atomic mass is 32.2. The lowest BCUT2D eigenvalue weighted by molar-refractivity contribution is 0.306. The van der Waals surface area contributed by atoms with E-state index in [1.165, 1.54) is 5.56 Å². The van der Waals surface area contributed by atoms with Crippen molar-refractivity contribution in [3.05, 3.63) is 35.9 Å². The van der Waals surface area contributed by atoms with E-state index < -0.39 is 10.0 Å². The first-order chi connectivity index (χ1) is 12.0. The highest BCUT2D eigenvalue weighted by Crippen LogP contribution is 2.40. The van der Waals surface area contributed by atoms with Gasteiger partial charge in [0.1, 0.15) is 0 Å². The minimum Gasteiger partial charge on any atom is -0.354 e. The smallest absolute Gasteiger partial charge is 0.213 e. The van der Waals surface area contributed by atoms with Gasteiger partial charge in [0.25, 0.3) is 0 Å². The number of piperidine rings is 1. The van der Waals surface area contributed by atoms with Crippen LogP contribution in [0.25, 0.3) is 0 Å². The Morgan fingerprint density at radius 1 is 1.20 bits per heavy atom. The molecule has 2 N–H and O–H groups in total. The topological polar surface area (TPSA) is 73.8 Å². The fourth-order valence-corrected chi connectivity index (χ4v) is 4.56. The van der Waals surface area contributed by atoms with Crippen LogP contribution in [0.3, 0.4) is 0 Å². The molecule has 1 heterocycles. The maximum absolute atomic E-state index is 11.9. The quantitative estimate of drug-likeness (QED) is 0.614. The van der Waals surface area contributed by atoms with Gasteiger partial charge >= 0.3 is 0 Å². The normalized spacial score (nSPS) is 25.6. The first kappa shape index (κ1) is 18.2. The van der Waals surface area contributed by atoms with E-state index in [0.717, 1.165) is 25.2 Å². The predicted molar refractivity (Wildman–Crippen MR) is 101 cm³/mol. The van der Waals surface area contributed by atoms with E-state index in [1.54, 1.807) is 18.3 Å². The Bertz CT molecular complexity index is 697. The molecule has 3 rings (SSSR count). The Morgan fingerprint density at radius 3 is 2.48 bits per heavy atom. The summed E-state index contributed by atoms with van der Waals surface area (Å²) in [5, 5.41) is 6.95. The molecule has 1 saturated heterocycles. The number of nitrogens with zero attached hydrogens (tertiary/aromatic N) is 2. The summed E-state index contributed by atoms with van der Waals surface area (Å²) in [5.74, 6) is 1.55. The SMILES string of the molecule is CCS(=O)(=O)N1CCC(NC(=NC)NC2CC2c2ccccc2)CC1. The van der Waals surface area contributed by atoms with Crippen LogP contribution >= 0.6 is 0 Å².